The molecule has 2 rings (SSSR count). The zero-order valence-corrected chi connectivity index (χ0v) is 6.11. The van der Waals surface area contributed by atoms with Gasteiger partial charge in [-0.2, -0.15) is 0 Å². The summed E-state index contributed by atoms with van der Waals surface area (Å²) in [5.41, 5.74) is 0.218. The third-order valence-electron chi connectivity index (χ3n) is 1.62. The third-order valence-corrected chi connectivity index (χ3v) is 1.62. The Morgan fingerprint density at radius 2 is 2.33 bits per heavy atom. The minimum atomic E-state index is -0.326. The van der Waals surface area contributed by atoms with E-state index < -0.39 is 0 Å². The highest BCUT2D eigenvalue weighted by Crippen LogP contribution is 2.18. The lowest BCUT2D eigenvalue weighted by molar-refractivity contribution is 0.480. The van der Waals surface area contributed by atoms with Crippen molar-refractivity contribution >= 4 is 10.9 Å². The van der Waals surface area contributed by atoms with Gasteiger partial charge in [-0.15, -0.1) is 0 Å². The quantitative estimate of drug-likeness (QED) is 0.597. The van der Waals surface area contributed by atoms with E-state index in [2.05, 4.69) is 9.97 Å². The first kappa shape index (κ1) is 6.84. The maximum atomic E-state index is 10.9. The molecule has 2 heterocycles. The minimum Gasteiger partial charge on any atom is -0.507 e. The monoisotopic (exact) mass is 162 g/mol. The van der Waals surface area contributed by atoms with Gasteiger partial charge in [-0.1, -0.05) is 0 Å². The molecule has 0 radical (unpaired) electrons. The van der Waals surface area contributed by atoms with Gasteiger partial charge in [-0.25, -0.2) is 0 Å². The van der Waals surface area contributed by atoms with Crippen LogP contribution < -0.4 is 5.56 Å². The van der Waals surface area contributed by atoms with Crippen LogP contribution in [0, 0.1) is 0 Å². The van der Waals surface area contributed by atoms with Crippen LogP contribution >= 0.6 is 0 Å². The van der Waals surface area contributed by atoms with E-state index in [0.717, 1.165) is 6.07 Å². The molecule has 0 saturated carbocycles. The van der Waals surface area contributed by atoms with E-state index in [0.29, 0.717) is 10.9 Å². The average molecular weight is 162 g/mol. The summed E-state index contributed by atoms with van der Waals surface area (Å²) in [7, 11) is 0. The largest absolute Gasteiger partial charge is 0.507 e. The van der Waals surface area contributed by atoms with Crippen molar-refractivity contribution in [2.24, 2.45) is 0 Å². The van der Waals surface area contributed by atoms with Gasteiger partial charge in [-0.05, 0) is 6.07 Å². The number of nitrogens with zero attached hydrogens (tertiary/aromatic N) is 1. The van der Waals surface area contributed by atoms with Crippen molar-refractivity contribution in [2.45, 2.75) is 0 Å². The second-order valence-corrected chi connectivity index (χ2v) is 2.44. The van der Waals surface area contributed by atoms with E-state index >= 15 is 0 Å². The van der Waals surface area contributed by atoms with Gasteiger partial charge in [0.05, 0.1) is 11.7 Å². The summed E-state index contributed by atoms with van der Waals surface area (Å²) in [6, 6.07) is 2.78. The zero-order valence-electron chi connectivity index (χ0n) is 6.11. The van der Waals surface area contributed by atoms with Crippen molar-refractivity contribution in [3.63, 3.8) is 0 Å². The third kappa shape index (κ3) is 0.934. The van der Waals surface area contributed by atoms with E-state index in [1.165, 1.54) is 6.20 Å². The molecule has 12 heavy (non-hydrogen) atoms. The van der Waals surface area contributed by atoms with Gasteiger partial charge in [0.25, 0.3) is 5.56 Å². The molecule has 0 amide bonds. The standard InChI is InChI=1S/C8H6N2O2/c11-7-3-8(12)10-6-4-9-2-1-5(6)7/h1-4H,(H2,10,11,12). The Labute approximate surface area is 67.5 Å². The highest BCUT2D eigenvalue weighted by Gasteiger charge is 1.99. The molecule has 0 fully saturated rings. The Balaban J connectivity index is 2.99. The highest BCUT2D eigenvalue weighted by atomic mass is 16.3. The minimum absolute atomic E-state index is 0.0175. The van der Waals surface area contributed by atoms with Crippen molar-refractivity contribution in [2.75, 3.05) is 0 Å². The fourth-order valence-electron chi connectivity index (χ4n) is 1.09. The Morgan fingerprint density at radius 3 is 3.17 bits per heavy atom. The van der Waals surface area contributed by atoms with Gasteiger partial charge < -0.3 is 10.1 Å². The van der Waals surface area contributed by atoms with Crippen molar-refractivity contribution in [1.82, 2.24) is 9.97 Å². The fourth-order valence-corrected chi connectivity index (χ4v) is 1.09. The number of pyridine rings is 2. The van der Waals surface area contributed by atoms with Gasteiger partial charge in [0.15, 0.2) is 0 Å². The predicted molar refractivity (Wildman–Crippen MR) is 44.0 cm³/mol. The van der Waals surface area contributed by atoms with E-state index in [1.54, 1.807) is 12.3 Å². The average Bonchev–Trinajstić information content (AvgIpc) is 2.04. The topological polar surface area (TPSA) is 66.0 Å². The zero-order chi connectivity index (χ0) is 8.55. The molecular weight excluding hydrogens is 156 g/mol. The number of hydrogen-bond acceptors (Lipinski definition) is 3. The summed E-state index contributed by atoms with van der Waals surface area (Å²) in [5, 5.41) is 9.91. The van der Waals surface area contributed by atoms with Crippen LogP contribution in [0.3, 0.4) is 0 Å². The molecule has 0 unspecified atom stereocenters. The Morgan fingerprint density at radius 1 is 1.50 bits per heavy atom. The number of aromatic amines is 1. The Kier molecular flexibility index (Phi) is 1.33. The smallest absolute Gasteiger partial charge is 0.252 e. The van der Waals surface area contributed by atoms with Gasteiger partial charge >= 0.3 is 0 Å². The molecule has 2 aromatic rings. The molecular formula is C8H6N2O2. The molecule has 0 aliphatic rings. The van der Waals surface area contributed by atoms with Gasteiger partial charge in [0, 0.05) is 17.6 Å². The first-order chi connectivity index (χ1) is 5.77. The van der Waals surface area contributed by atoms with Crippen molar-refractivity contribution in [3.8, 4) is 5.75 Å². The lowest BCUT2D eigenvalue weighted by atomic mass is 10.2. The molecule has 2 N–H and O–H groups in total. The molecule has 4 heteroatoms. The molecule has 0 aliphatic heterocycles. The number of H-pyrrole nitrogens is 1. The maximum Gasteiger partial charge on any atom is 0.252 e. The highest BCUT2D eigenvalue weighted by molar-refractivity contribution is 5.83. The normalized spacial score (nSPS) is 10.3. The summed E-state index contributed by atoms with van der Waals surface area (Å²) < 4.78 is 0. The Bertz CT molecular complexity index is 476. The first-order valence-corrected chi connectivity index (χ1v) is 3.43. The van der Waals surface area contributed by atoms with Crippen molar-refractivity contribution < 1.29 is 5.11 Å². The first-order valence-electron chi connectivity index (χ1n) is 3.43. The summed E-state index contributed by atoms with van der Waals surface area (Å²) in [6.45, 7) is 0. The van der Waals surface area contributed by atoms with Crippen LogP contribution in [-0.4, -0.2) is 15.1 Å². The molecule has 0 aromatic carbocycles. The molecule has 0 spiro atoms. The second kappa shape index (κ2) is 2.34. The van der Waals surface area contributed by atoms with E-state index in [9.17, 15) is 9.90 Å². The molecule has 60 valence electrons. The van der Waals surface area contributed by atoms with Crippen LogP contribution in [-0.2, 0) is 0 Å². The molecule has 2 aromatic heterocycles. The van der Waals surface area contributed by atoms with Crippen LogP contribution in [0.1, 0.15) is 0 Å². The number of nitrogens with one attached hydrogen (secondary N) is 1. The maximum absolute atomic E-state index is 10.9. The van der Waals surface area contributed by atoms with E-state index in [1.807, 2.05) is 0 Å². The molecule has 0 atom stereocenters. The van der Waals surface area contributed by atoms with Crippen LogP contribution in [0.15, 0.2) is 29.3 Å². The van der Waals surface area contributed by atoms with Crippen LogP contribution in [0.5, 0.6) is 5.75 Å². The van der Waals surface area contributed by atoms with Crippen LogP contribution in [0.25, 0.3) is 10.9 Å². The Hall–Kier alpha value is -1.84. The second-order valence-electron chi connectivity index (χ2n) is 2.44. The number of fused-ring (bicyclic) bond motifs is 1. The van der Waals surface area contributed by atoms with Gasteiger partial charge in [-0.3, -0.25) is 9.78 Å². The molecule has 4 nitrogen and oxygen atoms in total. The van der Waals surface area contributed by atoms with E-state index in [-0.39, 0.29) is 11.3 Å². The fraction of sp³-hybridized carbons (Fsp3) is 0. The van der Waals surface area contributed by atoms with Crippen molar-refractivity contribution in [1.29, 1.82) is 0 Å². The van der Waals surface area contributed by atoms with Crippen LogP contribution in [0.4, 0.5) is 0 Å². The van der Waals surface area contributed by atoms with Crippen molar-refractivity contribution in [3.05, 3.63) is 34.9 Å². The number of hydrogen-bond donors (Lipinski definition) is 2. The summed E-state index contributed by atoms with van der Waals surface area (Å²) in [4.78, 5) is 17.2. The lowest BCUT2D eigenvalue weighted by Gasteiger charge is -1.97. The summed E-state index contributed by atoms with van der Waals surface area (Å²) in [6.07, 6.45) is 3.05. The summed E-state index contributed by atoms with van der Waals surface area (Å²) in [5.74, 6) is -0.0175. The van der Waals surface area contributed by atoms with Gasteiger partial charge in [0.1, 0.15) is 5.75 Å². The van der Waals surface area contributed by atoms with Crippen LogP contribution in [0.2, 0.25) is 0 Å². The SMILES string of the molecule is O=c1cc(O)c2ccncc2[nH]1. The van der Waals surface area contributed by atoms with E-state index in [4.69, 9.17) is 0 Å². The lowest BCUT2D eigenvalue weighted by Crippen LogP contribution is -2.02. The predicted octanol–water partition coefficient (Wildman–Crippen LogP) is 0.629. The number of aromatic hydroxyl groups is 1. The molecule has 0 bridgehead atoms. The molecule has 0 aliphatic carbocycles. The van der Waals surface area contributed by atoms with Gasteiger partial charge in [0.2, 0.25) is 0 Å². The summed E-state index contributed by atoms with van der Waals surface area (Å²) >= 11 is 0. The molecule has 0 saturated heterocycles. The number of aromatic nitrogens is 2. The number of rotatable bonds is 0.